The Balaban J connectivity index is 2.92. The van der Waals surface area contributed by atoms with Crippen molar-refractivity contribution < 1.29 is 9.53 Å². The summed E-state index contributed by atoms with van der Waals surface area (Å²) in [4.78, 5) is 13.4. The number of amides is 1. The van der Waals surface area contributed by atoms with E-state index >= 15 is 0 Å². The van der Waals surface area contributed by atoms with Gasteiger partial charge in [0.25, 0.3) is 5.91 Å². The molecule has 1 amide bonds. The molecule has 0 aliphatic heterocycles. The predicted molar refractivity (Wildman–Crippen MR) is 64.4 cm³/mol. The van der Waals surface area contributed by atoms with E-state index in [4.69, 9.17) is 15.7 Å². The lowest BCUT2D eigenvalue weighted by atomic mass is 10.2. The molecular weight excluding hydrogens is 218 g/mol. The standard InChI is InChI=1S/C12H15N3O2/c1-15(12(16)11(8-14)17-2)10-5-3-4-9(6-10)7-13/h3-6,11H,8,14H2,1-2H3. The summed E-state index contributed by atoms with van der Waals surface area (Å²) in [6.07, 6.45) is -0.661. The van der Waals surface area contributed by atoms with E-state index in [9.17, 15) is 4.79 Å². The van der Waals surface area contributed by atoms with Crippen LogP contribution in [-0.4, -0.2) is 32.7 Å². The molecule has 0 aromatic heterocycles. The Bertz CT molecular complexity index is 436. The van der Waals surface area contributed by atoms with Gasteiger partial charge in [-0.15, -0.1) is 0 Å². The summed E-state index contributed by atoms with van der Waals surface area (Å²) in [6.45, 7) is 0.123. The third-order valence-electron chi connectivity index (χ3n) is 2.47. The summed E-state index contributed by atoms with van der Waals surface area (Å²) >= 11 is 0. The largest absolute Gasteiger partial charge is 0.370 e. The van der Waals surface area contributed by atoms with Crippen LogP contribution in [-0.2, 0) is 9.53 Å². The van der Waals surface area contributed by atoms with Crippen LogP contribution in [0.2, 0.25) is 0 Å². The van der Waals surface area contributed by atoms with Gasteiger partial charge in [0.2, 0.25) is 0 Å². The number of hydrogen-bond donors (Lipinski definition) is 1. The molecule has 1 aromatic carbocycles. The molecule has 17 heavy (non-hydrogen) atoms. The molecule has 0 bridgehead atoms. The lowest BCUT2D eigenvalue weighted by molar-refractivity contribution is -0.127. The van der Waals surface area contributed by atoms with Gasteiger partial charge in [0.05, 0.1) is 11.6 Å². The number of anilines is 1. The highest BCUT2D eigenvalue weighted by molar-refractivity contribution is 5.96. The highest BCUT2D eigenvalue weighted by Crippen LogP contribution is 2.15. The molecule has 2 N–H and O–H groups in total. The minimum absolute atomic E-state index is 0.123. The number of nitrogens with two attached hydrogens (primary N) is 1. The first kappa shape index (κ1) is 13.2. The molecule has 0 radical (unpaired) electrons. The highest BCUT2D eigenvalue weighted by Gasteiger charge is 2.21. The molecule has 0 aliphatic carbocycles. The van der Waals surface area contributed by atoms with E-state index in [0.29, 0.717) is 11.3 Å². The van der Waals surface area contributed by atoms with Crippen molar-refractivity contribution in [1.29, 1.82) is 5.26 Å². The predicted octanol–water partition coefficient (Wildman–Crippen LogP) is 0.495. The van der Waals surface area contributed by atoms with Gasteiger partial charge in [0, 0.05) is 26.4 Å². The van der Waals surface area contributed by atoms with Gasteiger partial charge in [-0.3, -0.25) is 4.79 Å². The topological polar surface area (TPSA) is 79.3 Å². The van der Waals surface area contributed by atoms with Crippen molar-refractivity contribution in [1.82, 2.24) is 0 Å². The van der Waals surface area contributed by atoms with E-state index in [1.165, 1.54) is 12.0 Å². The normalized spacial score (nSPS) is 11.6. The van der Waals surface area contributed by atoms with Crippen molar-refractivity contribution >= 4 is 11.6 Å². The van der Waals surface area contributed by atoms with Crippen molar-refractivity contribution in [3.63, 3.8) is 0 Å². The number of nitrogens with zero attached hydrogens (tertiary/aromatic N) is 2. The zero-order valence-electron chi connectivity index (χ0n) is 9.88. The number of benzene rings is 1. The number of hydrogen-bond acceptors (Lipinski definition) is 4. The van der Waals surface area contributed by atoms with E-state index in [0.717, 1.165) is 0 Å². The van der Waals surface area contributed by atoms with Gasteiger partial charge in [-0.2, -0.15) is 5.26 Å². The molecule has 1 rings (SSSR count). The molecule has 1 unspecified atom stereocenters. The summed E-state index contributed by atoms with van der Waals surface area (Å²) in [7, 11) is 3.06. The van der Waals surface area contributed by atoms with Gasteiger partial charge in [-0.1, -0.05) is 6.07 Å². The SMILES string of the molecule is COC(CN)C(=O)N(C)c1cccc(C#N)c1. The summed E-state index contributed by atoms with van der Waals surface area (Å²) in [6, 6.07) is 8.82. The van der Waals surface area contributed by atoms with Crippen LogP contribution < -0.4 is 10.6 Å². The fourth-order valence-electron chi connectivity index (χ4n) is 1.43. The number of carbonyl (C=O) groups excluding carboxylic acids is 1. The van der Waals surface area contributed by atoms with Crippen molar-refractivity contribution in [3.8, 4) is 6.07 Å². The number of methoxy groups -OCH3 is 1. The summed E-state index contributed by atoms with van der Waals surface area (Å²) in [5.41, 5.74) is 6.58. The van der Waals surface area contributed by atoms with Gasteiger partial charge < -0.3 is 15.4 Å². The second-order valence-corrected chi connectivity index (χ2v) is 3.52. The molecule has 5 nitrogen and oxygen atoms in total. The van der Waals surface area contributed by atoms with E-state index in [2.05, 4.69) is 0 Å². The minimum Gasteiger partial charge on any atom is -0.370 e. The Morgan fingerprint density at radius 1 is 1.65 bits per heavy atom. The van der Waals surface area contributed by atoms with Gasteiger partial charge in [0.1, 0.15) is 6.10 Å². The summed E-state index contributed by atoms with van der Waals surface area (Å²) < 4.78 is 4.98. The zero-order chi connectivity index (χ0) is 12.8. The Kier molecular flexibility index (Phi) is 4.64. The second-order valence-electron chi connectivity index (χ2n) is 3.52. The van der Waals surface area contributed by atoms with Crippen LogP contribution in [0.5, 0.6) is 0 Å². The fourth-order valence-corrected chi connectivity index (χ4v) is 1.43. The molecular formula is C12H15N3O2. The second kappa shape index (κ2) is 5.99. The molecule has 5 heteroatoms. The molecule has 0 heterocycles. The Morgan fingerprint density at radius 2 is 2.35 bits per heavy atom. The van der Waals surface area contributed by atoms with Crippen molar-refractivity contribution in [2.24, 2.45) is 5.73 Å². The van der Waals surface area contributed by atoms with Crippen LogP contribution in [0, 0.1) is 11.3 Å². The van der Waals surface area contributed by atoms with E-state index in [1.807, 2.05) is 6.07 Å². The van der Waals surface area contributed by atoms with Crippen LogP contribution in [0.25, 0.3) is 0 Å². The molecule has 0 saturated heterocycles. The van der Waals surface area contributed by atoms with Gasteiger partial charge in [-0.25, -0.2) is 0 Å². The number of nitriles is 1. The van der Waals surface area contributed by atoms with Crippen LogP contribution in [0.4, 0.5) is 5.69 Å². The molecule has 1 aromatic rings. The third-order valence-corrected chi connectivity index (χ3v) is 2.47. The highest BCUT2D eigenvalue weighted by atomic mass is 16.5. The Labute approximate surface area is 100 Å². The molecule has 0 aliphatic rings. The van der Waals surface area contributed by atoms with Crippen LogP contribution in [0.3, 0.4) is 0 Å². The van der Waals surface area contributed by atoms with Crippen LogP contribution in [0.1, 0.15) is 5.56 Å². The van der Waals surface area contributed by atoms with Crippen molar-refractivity contribution in [2.45, 2.75) is 6.10 Å². The first-order chi connectivity index (χ1) is 8.13. The number of likely N-dealkylation sites (N-methyl/N-ethyl adjacent to an activating group) is 1. The monoisotopic (exact) mass is 233 g/mol. The fraction of sp³-hybridized carbons (Fsp3) is 0.333. The maximum absolute atomic E-state index is 11.9. The summed E-state index contributed by atoms with van der Waals surface area (Å²) in [5.74, 6) is -0.231. The van der Waals surface area contributed by atoms with Crippen molar-refractivity contribution in [3.05, 3.63) is 29.8 Å². The molecule has 90 valence electrons. The van der Waals surface area contributed by atoms with Crippen LogP contribution in [0.15, 0.2) is 24.3 Å². The smallest absolute Gasteiger partial charge is 0.257 e. The first-order valence-corrected chi connectivity index (χ1v) is 5.14. The quantitative estimate of drug-likeness (QED) is 0.821. The summed E-state index contributed by atoms with van der Waals surface area (Å²) in [5, 5.41) is 8.79. The third kappa shape index (κ3) is 3.03. The lowest BCUT2D eigenvalue weighted by Gasteiger charge is -2.22. The lowest BCUT2D eigenvalue weighted by Crippen LogP contribution is -2.41. The number of ether oxygens (including phenoxy) is 1. The van der Waals surface area contributed by atoms with Crippen LogP contribution >= 0.6 is 0 Å². The molecule has 0 spiro atoms. The van der Waals surface area contributed by atoms with Gasteiger partial charge >= 0.3 is 0 Å². The first-order valence-electron chi connectivity index (χ1n) is 5.14. The minimum atomic E-state index is -0.661. The maximum Gasteiger partial charge on any atom is 0.257 e. The number of carbonyl (C=O) groups is 1. The van der Waals surface area contributed by atoms with Gasteiger partial charge in [-0.05, 0) is 18.2 Å². The molecule has 0 saturated carbocycles. The van der Waals surface area contributed by atoms with E-state index in [1.54, 1.807) is 31.3 Å². The average Bonchev–Trinajstić information content (AvgIpc) is 2.39. The Hall–Kier alpha value is -1.90. The molecule has 1 atom stereocenters. The van der Waals surface area contributed by atoms with E-state index in [-0.39, 0.29) is 12.5 Å². The average molecular weight is 233 g/mol. The Morgan fingerprint density at radius 3 is 2.88 bits per heavy atom. The van der Waals surface area contributed by atoms with Crippen molar-refractivity contribution in [2.75, 3.05) is 25.6 Å². The molecule has 0 fully saturated rings. The zero-order valence-corrected chi connectivity index (χ0v) is 9.88. The van der Waals surface area contributed by atoms with Gasteiger partial charge in [0.15, 0.2) is 0 Å². The number of rotatable bonds is 4. The van der Waals surface area contributed by atoms with E-state index < -0.39 is 6.10 Å². The maximum atomic E-state index is 11.9.